The van der Waals surface area contributed by atoms with E-state index < -0.39 is 16.8 Å². The summed E-state index contributed by atoms with van der Waals surface area (Å²) in [4.78, 5) is 36.7. The van der Waals surface area contributed by atoms with Crippen molar-refractivity contribution in [2.45, 2.75) is 6.54 Å². The summed E-state index contributed by atoms with van der Waals surface area (Å²) in [6, 6.07) is 9.60. The number of fused-ring (bicyclic) bond motifs is 1. The van der Waals surface area contributed by atoms with Gasteiger partial charge in [0.1, 0.15) is 18.4 Å². The van der Waals surface area contributed by atoms with Gasteiger partial charge in [0.15, 0.2) is 0 Å². The molecule has 2 heterocycles. The van der Waals surface area contributed by atoms with E-state index in [1.54, 1.807) is 22.9 Å². The Hall–Kier alpha value is -4.08. The second-order valence-electron chi connectivity index (χ2n) is 5.48. The monoisotopic (exact) mass is 367 g/mol. The van der Waals surface area contributed by atoms with E-state index in [2.05, 4.69) is 15.5 Å². The molecule has 0 aliphatic carbocycles. The van der Waals surface area contributed by atoms with Crippen molar-refractivity contribution in [2.75, 3.05) is 0 Å². The van der Waals surface area contributed by atoms with Gasteiger partial charge >= 0.3 is 5.97 Å². The Labute approximate surface area is 151 Å². The molecule has 1 aromatic carbocycles. The average molecular weight is 367 g/mol. The molecular formula is C17H13N5O5. The van der Waals surface area contributed by atoms with E-state index in [0.29, 0.717) is 5.56 Å². The van der Waals surface area contributed by atoms with Crippen molar-refractivity contribution < 1.29 is 19.6 Å². The second-order valence-corrected chi connectivity index (χ2v) is 5.48. The Kier molecular flexibility index (Phi) is 4.88. The maximum absolute atomic E-state index is 12.0. The molecule has 27 heavy (non-hydrogen) atoms. The molecule has 0 bridgehead atoms. The molecule has 0 unspecified atom stereocenters. The fourth-order valence-corrected chi connectivity index (χ4v) is 2.50. The Morgan fingerprint density at radius 2 is 2.07 bits per heavy atom. The number of nitro groups is 1. The normalized spacial score (nSPS) is 11.0. The van der Waals surface area contributed by atoms with E-state index >= 15 is 0 Å². The van der Waals surface area contributed by atoms with Crippen LogP contribution < -0.4 is 5.43 Å². The highest BCUT2D eigenvalue weighted by Crippen LogP contribution is 2.19. The lowest BCUT2D eigenvalue weighted by Crippen LogP contribution is -2.18. The van der Waals surface area contributed by atoms with Crippen LogP contribution in [0.2, 0.25) is 0 Å². The van der Waals surface area contributed by atoms with E-state index in [1.807, 2.05) is 12.1 Å². The SMILES string of the molecule is O=C(O)Cn1cc(/C=N/NC(=O)c2ccc([N+](=O)[O-])cn2)c2ccccc21. The number of rotatable bonds is 6. The van der Waals surface area contributed by atoms with Crippen LogP contribution in [0.5, 0.6) is 0 Å². The number of carbonyl (C=O) groups excluding carboxylic acids is 1. The summed E-state index contributed by atoms with van der Waals surface area (Å²) in [5, 5.41) is 24.2. The van der Waals surface area contributed by atoms with E-state index in [0.717, 1.165) is 17.1 Å². The van der Waals surface area contributed by atoms with Crippen molar-refractivity contribution in [3.8, 4) is 0 Å². The number of hydrazone groups is 1. The van der Waals surface area contributed by atoms with Crippen LogP contribution in [0.3, 0.4) is 0 Å². The number of nitrogens with one attached hydrogen (secondary N) is 1. The quantitative estimate of drug-likeness (QED) is 0.387. The molecule has 0 radical (unpaired) electrons. The zero-order chi connectivity index (χ0) is 19.4. The highest BCUT2D eigenvalue weighted by molar-refractivity contribution is 6.00. The number of pyridine rings is 1. The molecule has 2 N–H and O–H groups in total. The maximum Gasteiger partial charge on any atom is 0.323 e. The molecule has 0 aliphatic heterocycles. The van der Waals surface area contributed by atoms with E-state index in [9.17, 15) is 19.7 Å². The van der Waals surface area contributed by atoms with Crippen molar-refractivity contribution >= 4 is 34.7 Å². The van der Waals surface area contributed by atoms with Crippen molar-refractivity contribution in [2.24, 2.45) is 5.10 Å². The third kappa shape index (κ3) is 3.95. The lowest BCUT2D eigenvalue weighted by Gasteiger charge is -1.99. The van der Waals surface area contributed by atoms with E-state index in [4.69, 9.17) is 5.11 Å². The zero-order valence-electron chi connectivity index (χ0n) is 13.8. The molecule has 10 nitrogen and oxygen atoms in total. The fourth-order valence-electron chi connectivity index (χ4n) is 2.50. The molecule has 0 fully saturated rings. The second kappa shape index (κ2) is 7.44. The number of aliphatic carboxylic acids is 1. The van der Waals surface area contributed by atoms with Crippen molar-refractivity contribution in [1.29, 1.82) is 0 Å². The van der Waals surface area contributed by atoms with Crippen LogP contribution in [0.15, 0.2) is 53.9 Å². The van der Waals surface area contributed by atoms with Gasteiger partial charge in [-0.05, 0) is 12.1 Å². The topological polar surface area (TPSA) is 140 Å². The molecule has 10 heteroatoms. The molecule has 3 rings (SSSR count). The molecule has 0 atom stereocenters. The van der Waals surface area contributed by atoms with Crippen LogP contribution >= 0.6 is 0 Å². The third-order valence-corrected chi connectivity index (χ3v) is 3.69. The molecule has 136 valence electrons. The molecule has 2 aromatic heterocycles. The molecule has 1 amide bonds. The smallest absolute Gasteiger partial charge is 0.323 e. The van der Waals surface area contributed by atoms with Crippen molar-refractivity contribution in [1.82, 2.24) is 15.0 Å². The van der Waals surface area contributed by atoms with Crippen LogP contribution in [0.4, 0.5) is 5.69 Å². The summed E-state index contributed by atoms with van der Waals surface area (Å²) in [7, 11) is 0. The number of carboxylic acid groups (broad SMARTS) is 1. The number of carboxylic acids is 1. The van der Waals surface area contributed by atoms with Gasteiger partial charge in [0.05, 0.1) is 11.1 Å². The summed E-state index contributed by atoms with van der Waals surface area (Å²) < 4.78 is 1.57. The van der Waals surface area contributed by atoms with Crippen molar-refractivity contribution in [3.63, 3.8) is 0 Å². The minimum absolute atomic E-state index is 0.0222. The molecule has 0 saturated heterocycles. The zero-order valence-corrected chi connectivity index (χ0v) is 13.8. The predicted octanol–water partition coefficient (Wildman–Crippen LogP) is 1.79. The van der Waals surface area contributed by atoms with Gasteiger partial charge in [-0.25, -0.2) is 10.4 Å². The largest absolute Gasteiger partial charge is 0.480 e. The Balaban J connectivity index is 1.77. The Bertz CT molecular complexity index is 1060. The van der Waals surface area contributed by atoms with Gasteiger partial charge in [-0.15, -0.1) is 0 Å². The number of hydrogen-bond acceptors (Lipinski definition) is 6. The highest BCUT2D eigenvalue weighted by Gasteiger charge is 2.11. The standard InChI is InChI=1S/C17H13N5O5/c23-16(24)10-21-9-11(13-3-1-2-4-15(13)21)7-19-20-17(25)14-6-5-12(8-18-14)22(26)27/h1-9H,10H2,(H,20,25)(H,23,24)/b19-7+. The first-order chi connectivity index (χ1) is 13.0. The minimum Gasteiger partial charge on any atom is -0.480 e. The summed E-state index contributed by atoms with van der Waals surface area (Å²) in [6.45, 7) is -0.201. The minimum atomic E-state index is -0.975. The van der Waals surface area contributed by atoms with Gasteiger partial charge in [0, 0.05) is 28.7 Å². The summed E-state index contributed by atoms with van der Waals surface area (Å²) >= 11 is 0. The predicted molar refractivity (Wildman–Crippen MR) is 95.5 cm³/mol. The number of amides is 1. The van der Waals surface area contributed by atoms with Crippen LogP contribution in [-0.2, 0) is 11.3 Å². The van der Waals surface area contributed by atoms with Crippen molar-refractivity contribution in [3.05, 3.63) is 70.2 Å². The molecule has 0 spiro atoms. The lowest BCUT2D eigenvalue weighted by atomic mass is 10.2. The number of benzene rings is 1. The number of hydrogen-bond donors (Lipinski definition) is 2. The van der Waals surface area contributed by atoms with Crippen LogP contribution in [0, 0.1) is 10.1 Å². The van der Waals surface area contributed by atoms with Gasteiger partial charge in [-0.1, -0.05) is 18.2 Å². The first-order valence-electron chi connectivity index (χ1n) is 7.69. The number of aromatic nitrogens is 2. The molecule has 0 aliphatic rings. The molecule has 0 saturated carbocycles. The summed E-state index contributed by atoms with van der Waals surface area (Å²) in [5.41, 5.74) is 3.40. The number of nitrogens with zero attached hydrogens (tertiary/aromatic N) is 4. The first kappa shape index (κ1) is 17.7. The first-order valence-corrected chi connectivity index (χ1v) is 7.69. The summed E-state index contributed by atoms with van der Waals surface area (Å²) in [5.74, 6) is -1.60. The van der Waals surface area contributed by atoms with E-state index in [-0.39, 0.29) is 17.9 Å². The average Bonchev–Trinajstić information content (AvgIpc) is 2.99. The number of para-hydroxylation sites is 1. The number of carbonyl (C=O) groups is 2. The fraction of sp³-hybridized carbons (Fsp3) is 0.0588. The van der Waals surface area contributed by atoms with Crippen LogP contribution in [0.25, 0.3) is 10.9 Å². The highest BCUT2D eigenvalue weighted by atomic mass is 16.6. The van der Waals surface area contributed by atoms with Gasteiger partial charge < -0.3 is 9.67 Å². The third-order valence-electron chi connectivity index (χ3n) is 3.69. The van der Waals surface area contributed by atoms with Gasteiger partial charge in [0.25, 0.3) is 11.6 Å². The molecular weight excluding hydrogens is 354 g/mol. The van der Waals surface area contributed by atoms with Crippen LogP contribution in [-0.4, -0.2) is 37.7 Å². The lowest BCUT2D eigenvalue weighted by molar-refractivity contribution is -0.385. The van der Waals surface area contributed by atoms with Gasteiger partial charge in [-0.3, -0.25) is 19.7 Å². The molecule has 3 aromatic rings. The van der Waals surface area contributed by atoms with E-state index in [1.165, 1.54) is 18.3 Å². The maximum atomic E-state index is 12.0. The van der Waals surface area contributed by atoms with Gasteiger partial charge in [-0.2, -0.15) is 5.10 Å². The van der Waals surface area contributed by atoms with Crippen LogP contribution in [0.1, 0.15) is 16.1 Å². The summed E-state index contributed by atoms with van der Waals surface area (Å²) in [6.07, 6.45) is 4.00. The Morgan fingerprint density at radius 1 is 1.30 bits per heavy atom. The van der Waals surface area contributed by atoms with Gasteiger partial charge in [0.2, 0.25) is 0 Å². The Morgan fingerprint density at radius 3 is 2.74 bits per heavy atom.